The molecule has 6 heteroatoms. The summed E-state index contributed by atoms with van der Waals surface area (Å²) in [4.78, 5) is 22.8. The molecule has 1 fully saturated rings. The first-order chi connectivity index (χ1) is 8.99. The molecule has 1 unspecified atom stereocenters. The minimum atomic E-state index is -1.09. The van der Waals surface area contributed by atoms with Gasteiger partial charge in [-0.1, -0.05) is 18.5 Å². The van der Waals surface area contributed by atoms with Gasteiger partial charge in [-0.15, -0.1) is 0 Å². The second-order valence-corrected chi connectivity index (χ2v) is 5.10. The molecule has 1 aliphatic rings. The molecule has 19 heavy (non-hydrogen) atoms. The summed E-state index contributed by atoms with van der Waals surface area (Å²) in [7, 11) is 0. The summed E-state index contributed by atoms with van der Waals surface area (Å²) in [5.41, 5.74) is 0.537. The number of carbonyl (C=O) groups excluding carboxylic acids is 1. The van der Waals surface area contributed by atoms with Crippen LogP contribution in [0.25, 0.3) is 0 Å². The molecule has 0 bridgehead atoms. The van der Waals surface area contributed by atoms with Gasteiger partial charge in [0.25, 0.3) is 0 Å². The molecule has 1 aliphatic heterocycles. The van der Waals surface area contributed by atoms with Crippen LogP contribution in [0.4, 0.5) is 5.69 Å². The highest BCUT2D eigenvalue weighted by Crippen LogP contribution is 2.23. The highest BCUT2D eigenvalue weighted by molar-refractivity contribution is 6.33. The van der Waals surface area contributed by atoms with E-state index in [-0.39, 0.29) is 22.4 Å². The molecule has 0 aromatic heterocycles. The maximum Gasteiger partial charge on any atom is 0.337 e. The molecular weight excluding hydrogens is 268 g/mol. The molecule has 5 nitrogen and oxygen atoms in total. The van der Waals surface area contributed by atoms with Crippen LogP contribution >= 0.6 is 11.6 Å². The first kappa shape index (κ1) is 13.8. The molecule has 102 valence electrons. The van der Waals surface area contributed by atoms with Gasteiger partial charge in [0.2, 0.25) is 5.91 Å². The maximum absolute atomic E-state index is 12.0. The molecule has 1 atom stereocenters. The van der Waals surface area contributed by atoms with E-state index in [0.717, 1.165) is 13.1 Å². The van der Waals surface area contributed by atoms with Crippen molar-refractivity contribution >= 4 is 29.2 Å². The van der Waals surface area contributed by atoms with E-state index in [1.165, 1.54) is 12.1 Å². The van der Waals surface area contributed by atoms with E-state index < -0.39 is 5.97 Å². The van der Waals surface area contributed by atoms with Gasteiger partial charge in [0.15, 0.2) is 0 Å². The van der Waals surface area contributed by atoms with Crippen molar-refractivity contribution in [3.05, 3.63) is 28.8 Å². The molecule has 0 radical (unpaired) electrons. The number of rotatable bonds is 4. The van der Waals surface area contributed by atoms with Crippen molar-refractivity contribution in [3.63, 3.8) is 0 Å². The molecule has 1 heterocycles. The van der Waals surface area contributed by atoms with Gasteiger partial charge in [-0.25, -0.2) is 4.79 Å². The van der Waals surface area contributed by atoms with E-state index >= 15 is 0 Å². The average Bonchev–Trinajstić information content (AvgIpc) is 2.25. The van der Waals surface area contributed by atoms with Crippen molar-refractivity contribution < 1.29 is 14.7 Å². The van der Waals surface area contributed by atoms with Gasteiger partial charge in [-0.05, 0) is 37.2 Å². The molecule has 1 saturated heterocycles. The minimum absolute atomic E-state index is 0.0240. The number of amides is 1. The van der Waals surface area contributed by atoms with E-state index in [4.69, 9.17) is 16.7 Å². The predicted octanol–water partition coefficient (Wildman–Crippen LogP) is 1.83. The van der Waals surface area contributed by atoms with Crippen molar-refractivity contribution in [2.45, 2.75) is 6.92 Å². The molecule has 2 rings (SSSR count). The number of nitrogens with one attached hydrogen (secondary N) is 2. The Kier molecular flexibility index (Phi) is 4.07. The second kappa shape index (κ2) is 5.59. The lowest BCUT2D eigenvalue weighted by atomic mass is 9.88. The SMILES string of the molecule is CC(C(=O)Nc1ccc(C(=O)O)c(Cl)c1)C1CNC1. The third-order valence-corrected chi connectivity index (χ3v) is 3.71. The van der Waals surface area contributed by atoms with Crippen LogP contribution in [0.5, 0.6) is 0 Å². The van der Waals surface area contributed by atoms with E-state index in [2.05, 4.69) is 10.6 Å². The van der Waals surface area contributed by atoms with Gasteiger partial charge < -0.3 is 15.7 Å². The van der Waals surface area contributed by atoms with E-state index in [1.807, 2.05) is 6.92 Å². The lowest BCUT2D eigenvalue weighted by molar-refractivity contribution is -0.121. The van der Waals surface area contributed by atoms with Gasteiger partial charge in [0.05, 0.1) is 10.6 Å². The normalized spacial score (nSPS) is 16.5. The minimum Gasteiger partial charge on any atom is -0.478 e. The van der Waals surface area contributed by atoms with Crippen LogP contribution in [0.3, 0.4) is 0 Å². The Bertz CT molecular complexity index is 515. The number of hydrogen-bond donors (Lipinski definition) is 3. The third kappa shape index (κ3) is 3.05. The van der Waals surface area contributed by atoms with Crippen LogP contribution in [-0.2, 0) is 4.79 Å². The summed E-state index contributed by atoms with van der Waals surface area (Å²) in [5.74, 6) is -0.893. The third-order valence-electron chi connectivity index (χ3n) is 3.40. The molecule has 0 aliphatic carbocycles. The van der Waals surface area contributed by atoms with Crippen LogP contribution in [-0.4, -0.2) is 30.1 Å². The fourth-order valence-corrected chi connectivity index (χ4v) is 2.16. The topological polar surface area (TPSA) is 78.4 Å². The first-order valence-corrected chi connectivity index (χ1v) is 6.41. The van der Waals surface area contributed by atoms with Crippen molar-refractivity contribution in [1.82, 2.24) is 5.32 Å². The zero-order chi connectivity index (χ0) is 14.0. The Morgan fingerprint density at radius 3 is 2.63 bits per heavy atom. The maximum atomic E-state index is 12.0. The van der Waals surface area contributed by atoms with Crippen molar-refractivity contribution in [2.24, 2.45) is 11.8 Å². The number of anilines is 1. The largest absolute Gasteiger partial charge is 0.478 e. The van der Waals surface area contributed by atoms with Crippen LogP contribution in [0, 0.1) is 11.8 Å². The highest BCUT2D eigenvalue weighted by Gasteiger charge is 2.28. The zero-order valence-corrected chi connectivity index (χ0v) is 11.2. The lowest BCUT2D eigenvalue weighted by Gasteiger charge is -2.31. The fraction of sp³-hybridized carbons (Fsp3) is 0.385. The second-order valence-electron chi connectivity index (χ2n) is 4.70. The number of carboxylic acid groups (broad SMARTS) is 1. The molecule has 3 N–H and O–H groups in total. The smallest absolute Gasteiger partial charge is 0.337 e. The van der Waals surface area contributed by atoms with Crippen LogP contribution in [0.2, 0.25) is 5.02 Å². The Labute approximate surface area is 116 Å². The number of carboxylic acids is 1. The molecular formula is C13H15ClN2O3. The van der Waals surface area contributed by atoms with Crippen LogP contribution in [0.15, 0.2) is 18.2 Å². The Morgan fingerprint density at radius 2 is 2.16 bits per heavy atom. The summed E-state index contributed by atoms with van der Waals surface area (Å²) >= 11 is 5.85. The van der Waals surface area contributed by atoms with E-state index in [9.17, 15) is 9.59 Å². The number of benzene rings is 1. The Hall–Kier alpha value is -1.59. The summed E-state index contributed by atoms with van der Waals surface area (Å²) in [5, 5.41) is 14.9. The van der Waals surface area contributed by atoms with Gasteiger partial charge in [-0.2, -0.15) is 0 Å². The molecule has 1 aromatic rings. The summed E-state index contributed by atoms with van der Waals surface area (Å²) in [6.07, 6.45) is 0. The van der Waals surface area contributed by atoms with Crippen molar-refractivity contribution in [1.29, 1.82) is 0 Å². The fourth-order valence-electron chi connectivity index (χ4n) is 1.90. The van der Waals surface area contributed by atoms with Crippen LogP contribution < -0.4 is 10.6 Å². The zero-order valence-electron chi connectivity index (χ0n) is 10.4. The van der Waals surface area contributed by atoms with Gasteiger partial charge in [0, 0.05) is 11.6 Å². The summed E-state index contributed by atoms with van der Waals surface area (Å²) < 4.78 is 0. The number of halogens is 1. The Balaban J connectivity index is 2.04. The molecule has 1 aromatic carbocycles. The van der Waals surface area contributed by atoms with Gasteiger partial charge in [0.1, 0.15) is 0 Å². The standard InChI is InChI=1S/C13H15ClN2O3/c1-7(8-5-15-6-8)12(17)16-9-2-3-10(13(18)19)11(14)4-9/h2-4,7-8,15H,5-6H2,1H3,(H,16,17)(H,18,19). The molecule has 0 saturated carbocycles. The number of aromatic carboxylic acids is 1. The molecule has 1 amide bonds. The number of hydrogen-bond acceptors (Lipinski definition) is 3. The van der Waals surface area contributed by atoms with Crippen molar-refractivity contribution in [3.8, 4) is 0 Å². The predicted molar refractivity (Wildman–Crippen MR) is 72.6 cm³/mol. The lowest BCUT2D eigenvalue weighted by Crippen LogP contribution is -2.48. The Morgan fingerprint density at radius 1 is 1.47 bits per heavy atom. The van der Waals surface area contributed by atoms with Gasteiger partial charge in [-0.3, -0.25) is 4.79 Å². The molecule has 0 spiro atoms. The quantitative estimate of drug-likeness (QED) is 0.787. The van der Waals surface area contributed by atoms with E-state index in [1.54, 1.807) is 6.07 Å². The highest BCUT2D eigenvalue weighted by atomic mass is 35.5. The first-order valence-electron chi connectivity index (χ1n) is 6.03. The summed E-state index contributed by atoms with van der Waals surface area (Å²) in [6.45, 7) is 3.59. The van der Waals surface area contributed by atoms with E-state index in [0.29, 0.717) is 11.6 Å². The summed E-state index contributed by atoms with van der Waals surface area (Å²) in [6, 6.07) is 4.38. The van der Waals surface area contributed by atoms with Crippen molar-refractivity contribution in [2.75, 3.05) is 18.4 Å². The average molecular weight is 283 g/mol. The number of carbonyl (C=O) groups is 2. The van der Waals surface area contributed by atoms with Gasteiger partial charge >= 0.3 is 5.97 Å². The van der Waals surface area contributed by atoms with Crippen LogP contribution in [0.1, 0.15) is 17.3 Å². The monoisotopic (exact) mass is 282 g/mol.